The molecule has 0 radical (unpaired) electrons. The van der Waals surface area contributed by atoms with Gasteiger partial charge in [-0.15, -0.1) is 0 Å². The number of nitrogens with zero attached hydrogens (tertiary/aromatic N) is 4. The van der Waals surface area contributed by atoms with E-state index in [1.165, 1.54) is 12.8 Å². The molecule has 0 bridgehead atoms. The molecule has 0 saturated carbocycles. The van der Waals surface area contributed by atoms with Crippen molar-refractivity contribution in [2.75, 3.05) is 20.1 Å². The maximum atomic E-state index is 12.5. The van der Waals surface area contributed by atoms with Gasteiger partial charge < -0.3 is 9.80 Å². The minimum absolute atomic E-state index is 0.0379. The van der Waals surface area contributed by atoms with Crippen LogP contribution in [0.1, 0.15) is 36.2 Å². The molecule has 1 amide bonds. The topological polar surface area (TPSA) is 49.3 Å². The smallest absolute Gasteiger partial charge is 0.274 e. The zero-order valence-electron chi connectivity index (χ0n) is 11.3. The summed E-state index contributed by atoms with van der Waals surface area (Å²) in [7, 11) is 2.17. The highest BCUT2D eigenvalue weighted by Gasteiger charge is 2.38. The van der Waals surface area contributed by atoms with E-state index in [1.54, 1.807) is 18.6 Å². The second-order valence-corrected chi connectivity index (χ2v) is 5.49. The van der Waals surface area contributed by atoms with E-state index in [0.717, 1.165) is 25.9 Å². The summed E-state index contributed by atoms with van der Waals surface area (Å²) >= 11 is 0. The molecule has 1 aromatic heterocycles. The first-order valence-electron chi connectivity index (χ1n) is 7.04. The molecule has 2 aliphatic rings. The van der Waals surface area contributed by atoms with Gasteiger partial charge in [-0.3, -0.25) is 9.78 Å². The molecular weight excluding hydrogens is 240 g/mol. The van der Waals surface area contributed by atoms with Crippen LogP contribution in [-0.4, -0.2) is 57.9 Å². The number of carbonyl (C=O) groups is 1. The zero-order chi connectivity index (χ0) is 13.2. The summed E-state index contributed by atoms with van der Waals surface area (Å²) in [6.07, 6.45) is 9.40. The molecule has 3 heterocycles. The van der Waals surface area contributed by atoms with Gasteiger partial charge in [0.2, 0.25) is 0 Å². The minimum Gasteiger partial charge on any atom is -0.333 e. The van der Waals surface area contributed by atoms with Gasteiger partial charge in [-0.05, 0) is 39.3 Å². The van der Waals surface area contributed by atoms with Gasteiger partial charge in [0.1, 0.15) is 5.69 Å². The van der Waals surface area contributed by atoms with Crippen LogP contribution in [0.25, 0.3) is 0 Å². The van der Waals surface area contributed by atoms with Crippen LogP contribution in [0.2, 0.25) is 0 Å². The van der Waals surface area contributed by atoms with Gasteiger partial charge in [0.05, 0.1) is 6.20 Å². The third-order valence-corrected chi connectivity index (χ3v) is 4.36. The summed E-state index contributed by atoms with van der Waals surface area (Å²) in [6.45, 7) is 2.00. The average Bonchev–Trinajstić information content (AvgIpc) is 3.07. The summed E-state index contributed by atoms with van der Waals surface area (Å²) in [5, 5.41) is 0. The summed E-state index contributed by atoms with van der Waals surface area (Å²) in [5.74, 6) is 0.0379. The average molecular weight is 260 g/mol. The van der Waals surface area contributed by atoms with Gasteiger partial charge in [0.25, 0.3) is 5.91 Å². The van der Waals surface area contributed by atoms with Crippen LogP contribution < -0.4 is 0 Å². The number of hydrogen-bond acceptors (Lipinski definition) is 4. The molecule has 0 aliphatic carbocycles. The van der Waals surface area contributed by atoms with E-state index < -0.39 is 0 Å². The number of rotatable bonds is 2. The Kier molecular flexibility index (Phi) is 3.46. The molecule has 0 unspecified atom stereocenters. The second-order valence-electron chi connectivity index (χ2n) is 5.49. The Labute approximate surface area is 113 Å². The van der Waals surface area contributed by atoms with Crippen molar-refractivity contribution in [3.63, 3.8) is 0 Å². The highest BCUT2D eigenvalue weighted by molar-refractivity contribution is 5.92. The second kappa shape index (κ2) is 5.25. The van der Waals surface area contributed by atoms with Crippen molar-refractivity contribution < 1.29 is 4.79 Å². The molecule has 5 heteroatoms. The van der Waals surface area contributed by atoms with Crippen molar-refractivity contribution in [3.8, 4) is 0 Å². The maximum absolute atomic E-state index is 12.5. The van der Waals surface area contributed by atoms with E-state index in [9.17, 15) is 4.79 Å². The molecule has 102 valence electrons. The van der Waals surface area contributed by atoms with Crippen molar-refractivity contribution >= 4 is 5.91 Å². The molecular formula is C14H20N4O. The quantitative estimate of drug-likeness (QED) is 0.801. The number of likely N-dealkylation sites (N-methyl/N-ethyl adjacent to an activating group) is 1. The molecule has 1 aromatic rings. The summed E-state index contributed by atoms with van der Waals surface area (Å²) in [4.78, 5) is 25.1. The van der Waals surface area contributed by atoms with Crippen LogP contribution in [0.3, 0.4) is 0 Å². The minimum atomic E-state index is 0.0379. The Morgan fingerprint density at radius 1 is 1.21 bits per heavy atom. The van der Waals surface area contributed by atoms with Crippen LogP contribution in [0, 0.1) is 0 Å². The first kappa shape index (κ1) is 12.5. The van der Waals surface area contributed by atoms with E-state index in [4.69, 9.17) is 0 Å². The fourth-order valence-corrected chi connectivity index (χ4v) is 3.42. The highest BCUT2D eigenvalue weighted by Crippen LogP contribution is 2.29. The predicted molar refractivity (Wildman–Crippen MR) is 71.7 cm³/mol. The van der Waals surface area contributed by atoms with Gasteiger partial charge in [0, 0.05) is 31.0 Å². The molecule has 0 spiro atoms. The van der Waals surface area contributed by atoms with Crippen LogP contribution in [0.5, 0.6) is 0 Å². The molecule has 2 aliphatic heterocycles. The van der Waals surface area contributed by atoms with Crippen molar-refractivity contribution in [2.45, 2.75) is 37.8 Å². The first-order chi connectivity index (χ1) is 9.27. The standard InChI is InChI=1S/C14H20N4O/c1-17-8-2-4-12(17)13-5-3-9-18(13)14(19)11-10-15-6-7-16-11/h6-7,10,12-13H,2-5,8-9H2,1H3/t12-,13-/m0/s1. The first-order valence-corrected chi connectivity index (χ1v) is 7.04. The fraction of sp³-hybridized carbons (Fsp3) is 0.643. The third-order valence-electron chi connectivity index (χ3n) is 4.36. The largest absolute Gasteiger partial charge is 0.333 e. The molecule has 0 N–H and O–H groups in total. The summed E-state index contributed by atoms with van der Waals surface area (Å²) < 4.78 is 0. The predicted octanol–water partition coefficient (Wildman–Crippen LogP) is 1.18. The molecule has 2 saturated heterocycles. The number of carbonyl (C=O) groups excluding carboxylic acids is 1. The molecule has 0 aromatic carbocycles. The van der Waals surface area contributed by atoms with E-state index in [2.05, 4.69) is 21.9 Å². The Hall–Kier alpha value is -1.49. The number of amides is 1. The van der Waals surface area contributed by atoms with Gasteiger partial charge in [-0.1, -0.05) is 0 Å². The molecule has 3 rings (SSSR count). The lowest BCUT2D eigenvalue weighted by atomic mass is 10.0. The summed E-state index contributed by atoms with van der Waals surface area (Å²) in [5.41, 5.74) is 0.468. The number of aromatic nitrogens is 2. The van der Waals surface area contributed by atoms with Gasteiger partial charge >= 0.3 is 0 Å². The number of likely N-dealkylation sites (tertiary alicyclic amines) is 2. The van der Waals surface area contributed by atoms with Crippen molar-refractivity contribution in [2.24, 2.45) is 0 Å². The van der Waals surface area contributed by atoms with Crippen molar-refractivity contribution in [3.05, 3.63) is 24.3 Å². The zero-order valence-corrected chi connectivity index (χ0v) is 11.3. The molecule has 19 heavy (non-hydrogen) atoms. The molecule has 5 nitrogen and oxygen atoms in total. The fourth-order valence-electron chi connectivity index (χ4n) is 3.42. The molecule has 2 fully saturated rings. The third kappa shape index (κ3) is 2.34. The molecule has 2 atom stereocenters. The monoisotopic (exact) mass is 260 g/mol. The van der Waals surface area contributed by atoms with E-state index in [-0.39, 0.29) is 5.91 Å². The Morgan fingerprint density at radius 2 is 2.00 bits per heavy atom. The van der Waals surface area contributed by atoms with Crippen molar-refractivity contribution in [1.82, 2.24) is 19.8 Å². The Bertz CT molecular complexity index is 450. The van der Waals surface area contributed by atoms with Gasteiger partial charge in [0.15, 0.2) is 0 Å². The van der Waals surface area contributed by atoms with Crippen LogP contribution in [0.15, 0.2) is 18.6 Å². The lowest BCUT2D eigenvalue weighted by Crippen LogP contribution is -2.47. The van der Waals surface area contributed by atoms with Crippen LogP contribution >= 0.6 is 0 Å². The Morgan fingerprint density at radius 3 is 2.68 bits per heavy atom. The number of hydrogen-bond donors (Lipinski definition) is 0. The van der Waals surface area contributed by atoms with Crippen LogP contribution in [-0.2, 0) is 0 Å². The van der Waals surface area contributed by atoms with E-state index in [0.29, 0.717) is 17.8 Å². The van der Waals surface area contributed by atoms with Crippen LogP contribution in [0.4, 0.5) is 0 Å². The highest BCUT2D eigenvalue weighted by atomic mass is 16.2. The maximum Gasteiger partial charge on any atom is 0.274 e. The van der Waals surface area contributed by atoms with Gasteiger partial charge in [-0.25, -0.2) is 4.98 Å². The van der Waals surface area contributed by atoms with E-state index in [1.807, 2.05) is 4.90 Å². The SMILES string of the molecule is CN1CCC[C@H]1[C@@H]1CCCN1C(=O)c1cnccn1. The lowest BCUT2D eigenvalue weighted by molar-refractivity contribution is 0.0658. The van der Waals surface area contributed by atoms with E-state index >= 15 is 0 Å². The normalized spacial score (nSPS) is 27.9. The Balaban J connectivity index is 1.78. The summed E-state index contributed by atoms with van der Waals surface area (Å²) in [6, 6.07) is 0.866. The van der Waals surface area contributed by atoms with Crippen molar-refractivity contribution in [1.29, 1.82) is 0 Å². The van der Waals surface area contributed by atoms with Gasteiger partial charge in [-0.2, -0.15) is 0 Å². The lowest BCUT2D eigenvalue weighted by Gasteiger charge is -2.33.